The van der Waals surface area contributed by atoms with Crippen molar-refractivity contribution < 1.29 is 49.3 Å². The largest absolute Gasteiger partial charge is 0.454 e. The van der Waals surface area contributed by atoms with Gasteiger partial charge in [0.05, 0.1) is 25.4 Å². The van der Waals surface area contributed by atoms with Crippen molar-refractivity contribution in [2.45, 2.75) is 301 Å². The van der Waals surface area contributed by atoms with E-state index in [-0.39, 0.29) is 19.4 Å². The number of carbonyl (C=O) groups excluding carboxylic acids is 2. The van der Waals surface area contributed by atoms with Crippen LogP contribution < -0.4 is 5.32 Å². The van der Waals surface area contributed by atoms with E-state index in [1.807, 2.05) is 6.08 Å². The number of ether oxygens (including phenoxy) is 3. The molecule has 1 aliphatic heterocycles. The predicted molar refractivity (Wildman–Crippen MR) is 287 cm³/mol. The van der Waals surface area contributed by atoms with Gasteiger partial charge in [-0.15, -0.1) is 0 Å². The minimum Gasteiger partial charge on any atom is -0.454 e. The summed E-state index contributed by atoms with van der Waals surface area (Å²) in [6.07, 6.45) is 45.8. The third-order valence-corrected chi connectivity index (χ3v) is 13.5. The highest BCUT2D eigenvalue weighted by molar-refractivity contribution is 5.80. The molecule has 408 valence electrons. The highest BCUT2D eigenvalue weighted by atomic mass is 16.7. The first kappa shape index (κ1) is 65.6. The van der Waals surface area contributed by atoms with Gasteiger partial charge < -0.3 is 45.1 Å². The van der Waals surface area contributed by atoms with Crippen LogP contribution in [0.15, 0.2) is 48.6 Å². The second-order valence-corrected chi connectivity index (χ2v) is 20.0. The molecule has 1 fully saturated rings. The first-order chi connectivity index (χ1) is 34.2. The van der Waals surface area contributed by atoms with E-state index >= 15 is 0 Å². The maximum atomic E-state index is 13.4. The van der Waals surface area contributed by atoms with Gasteiger partial charge in [-0.1, -0.05) is 211 Å². The Kier molecular flexibility index (Phi) is 44.6. The number of aliphatic hydroxyl groups excluding tert-OH is 5. The van der Waals surface area contributed by atoms with Crippen LogP contribution in [0.1, 0.15) is 252 Å². The van der Waals surface area contributed by atoms with Crippen molar-refractivity contribution in [1.82, 2.24) is 5.32 Å². The maximum Gasteiger partial charge on any atom is 0.306 e. The molecule has 0 aromatic heterocycles. The lowest BCUT2D eigenvalue weighted by molar-refractivity contribution is -0.305. The average Bonchev–Trinajstić information content (AvgIpc) is 3.36. The van der Waals surface area contributed by atoms with Crippen LogP contribution in [0.3, 0.4) is 0 Å². The molecular formula is C59H107NO10. The van der Waals surface area contributed by atoms with Crippen LogP contribution >= 0.6 is 0 Å². The van der Waals surface area contributed by atoms with Gasteiger partial charge in [0.2, 0.25) is 5.91 Å². The van der Waals surface area contributed by atoms with Crippen LogP contribution in [0.4, 0.5) is 0 Å². The number of aliphatic hydroxyl groups is 5. The Labute approximate surface area is 427 Å². The Hall–Kier alpha value is -2.38. The van der Waals surface area contributed by atoms with Gasteiger partial charge in [-0.2, -0.15) is 0 Å². The molecule has 0 aliphatic carbocycles. The molecule has 8 atom stereocenters. The van der Waals surface area contributed by atoms with E-state index in [9.17, 15) is 35.1 Å². The Morgan fingerprint density at radius 3 is 1.50 bits per heavy atom. The molecule has 0 aromatic carbocycles. The van der Waals surface area contributed by atoms with Crippen molar-refractivity contribution in [1.29, 1.82) is 0 Å². The van der Waals surface area contributed by atoms with Gasteiger partial charge in [0, 0.05) is 6.42 Å². The monoisotopic (exact) mass is 990 g/mol. The van der Waals surface area contributed by atoms with Crippen LogP contribution in [0.5, 0.6) is 0 Å². The average molecular weight is 991 g/mol. The number of unbranched alkanes of at least 4 members (excludes halogenated alkanes) is 28. The smallest absolute Gasteiger partial charge is 0.306 e. The molecule has 1 aliphatic rings. The molecule has 8 unspecified atom stereocenters. The van der Waals surface area contributed by atoms with Crippen molar-refractivity contribution in [3.05, 3.63) is 48.6 Å². The van der Waals surface area contributed by atoms with Crippen LogP contribution in [-0.4, -0.2) is 99.6 Å². The number of esters is 1. The number of nitrogens with one attached hydrogen (secondary N) is 1. The van der Waals surface area contributed by atoms with E-state index in [1.165, 1.54) is 116 Å². The number of hydrogen-bond acceptors (Lipinski definition) is 10. The minimum absolute atomic E-state index is 0.103. The van der Waals surface area contributed by atoms with E-state index in [0.717, 1.165) is 89.9 Å². The highest BCUT2D eigenvalue weighted by Crippen LogP contribution is 2.26. The van der Waals surface area contributed by atoms with Gasteiger partial charge in [0.15, 0.2) is 12.4 Å². The van der Waals surface area contributed by atoms with E-state index < -0.39 is 67.4 Å². The van der Waals surface area contributed by atoms with E-state index in [2.05, 4.69) is 62.5 Å². The fourth-order valence-electron chi connectivity index (χ4n) is 8.79. The van der Waals surface area contributed by atoms with Crippen molar-refractivity contribution in [3.8, 4) is 0 Å². The molecule has 1 saturated heterocycles. The van der Waals surface area contributed by atoms with Gasteiger partial charge in [-0.05, 0) is 83.5 Å². The first-order valence-electron chi connectivity index (χ1n) is 28.9. The zero-order valence-corrected chi connectivity index (χ0v) is 44.9. The molecule has 6 N–H and O–H groups in total. The molecule has 0 spiro atoms. The summed E-state index contributed by atoms with van der Waals surface area (Å²) < 4.78 is 17.5. The van der Waals surface area contributed by atoms with Gasteiger partial charge >= 0.3 is 5.97 Å². The summed E-state index contributed by atoms with van der Waals surface area (Å²) in [4.78, 5) is 26.4. The van der Waals surface area contributed by atoms with E-state index in [1.54, 1.807) is 6.08 Å². The third-order valence-electron chi connectivity index (χ3n) is 13.5. The Bertz CT molecular complexity index is 1320. The zero-order chi connectivity index (χ0) is 51.1. The zero-order valence-electron chi connectivity index (χ0n) is 44.9. The lowest BCUT2D eigenvalue weighted by Gasteiger charge is -2.41. The van der Waals surface area contributed by atoms with Gasteiger partial charge in [-0.25, -0.2) is 0 Å². The Morgan fingerprint density at radius 1 is 0.557 bits per heavy atom. The molecule has 0 saturated carbocycles. The van der Waals surface area contributed by atoms with Gasteiger partial charge in [0.1, 0.15) is 24.4 Å². The molecule has 0 aromatic rings. The molecular weight excluding hydrogens is 883 g/mol. The molecule has 1 rings (SSSR count). The summed E-state index contributed by atoms with van der Waals surface area (Å²) in [5.41, 5.74) is 0. The predicted octanol–water partition coefficient (Wildman–Crippen LogP) is 12.9. The lowest BCUT2D eigenvalue weighted by atomic mass is 9.99. The molecule has 11 nitrogen and oxygen atoms in total. The summed E-state index contributed by atoms with van der Waals surface area (Å²) in [6.45, 7) is 5.73. The number of hydrogen-bond donors (Lipinski definition) is 6. The van der Waals surface area contributed by atoms with E-state index in [4.69, 9.17) is 14.2 Å². The normalized spacial score (nSPS) is 20.0. The Balaban J connectivity index is 2.74. The van der Waals surface area contributed by atoms with Crippen molar-refractivity contribution in [3.63, 3.8) is 0 Å². The molecule has 0 radical (unpaired) electrons. The Morgan fingerprint density at radius 2 is 0.986 bits per heavy atom. The molecule has 70 heavy (non-hydrogen) atoms. The minimum atomic E-state index is -1.62. The highest BCUT2D eigenvalue weighted by Gasteiger charge is 2.47. The van der Waals surface area contributed by atoms with E-state index in [0.29, 0.717) is 12.8 Å². The molecule has 1 amide bonds. The summed E-state index contributed by atoms with van der Waals surface area (Å²) in [5.74, 6) is -1.22. The number of rotatable bonds is 48. The first-order valence-corrected chi connectivity index (χ1v) is 28.9. The topological polar surface area (TPSA) is 175 Å². The van der Waals surface area contributed by atoms with Crippen molar-refractivity contribution >= 4 is 11.9 Å². The fraction of sp³-hybridized carbons (Fsp3) is 0.831. The van der Waals surface area contributed by atoms with Crippen LogP contribution in [0, 0.1) is 0 Å². The summed E-state index contributed by atoms with van der Waals surface area (Å²) >= 11 is 0. The van der Waals surface area contributed by atoms with Crippen LogP contribution in [0.2, 0.25) is 0 Å². The van der Waals surface area contributed by atoms with Gasteiger partial charge in [-0.3, -0.25) is 9.59 Å². The second-order valence-electron chi connectivity index (χ2n) is 20.0. The van der Waals surface area contributed by atoms with Crippen LogP contribution in [-0.2, 0) is 23.8 Å². The number of amides is 1. The molecule has 11 heteroatoms. The second kappa shape index (κ2) is 47.6. The number of allylic oxidation sites excluding steroid dienone is 7. The number of carbonyl (C=O) groups is 2. The summed E-state index contributed by atoms with van der Waals surface area (Å²) in [7, 11) is 0. The standard InChI is InChI=1S/C59H107NO10/c1-4-7-10-13-16-19-22-24-26-27-28-31-34-37-40-43-46-52(63)58(67)60-50(51(62)45-42-39-36-33-30-21-18-15-12-9-6-3)49-68-59-57(56(66)55(65)53(48-61)69-59)70-54(64)47-44-41-38-35-32-29-25-23-20-17-14-11-8-5-2/h16,19,24,26,29,32,42,45,50-53,55-57,59,61-63,65-66H,4-15,17-18,20-23,25,27-28,30-31,33-41,43-44,46-49H2,1-3H3,(H,60,67)/b19-16-,26-24-,32-29-,45-42+. The summed E-state index contributed by atoms with van der Waals surface area (Å²) in [5, 5.41) is 56.8. The SMILES string of the molecule is CCCCC/C=C\C/C=C\CCCCCCCCC(O)C(=O)NC(COC1OC(CO)C(O)C(O)C1OC(=O)CCCCC/C=C\CCCCCCCCC)C(O)/C=C/CCCCCCCCCCC. The van der Waals surface area contributed by atoms with Gasteiger partial charge in [0.25, 0.3) is 0 Å². The van der Waals surface area contributed by atoms with Crippen LogP contribution in [0.25, 0.3) is 0 Å². The fourth-order valence-corrected chi connectivity index (χ4v) is 8.79. The third kappa shape index (κ3) is 35.7. The summed E-state index contributed by atoms with van der Waals surface area (Å²) in [6, 6.07) is -1.03. The molecule has 0 bridgehead atoms. The van der Waals surface area contributed by atoms with Crippen molar-refractivity contribution in [2.24, 2.45) is 0 Å². The lowest BCUT2D eigenvalue weighted by Crippen LogP contribution is -2.61. The van der Waals surface area contributed by atoms with Crippen molar-refractivity contribution in [2.75, 3.05) is 13.2 Å². The molecule has 1 heterocycles. The quantitative estimate of drug-likeness (QED) is 0.0196. The maximum absolute atomic E-state index is 13.4.